The van der Waals surface area contributed by atoms with Crippen LogP contribution in [0.4, 0.5) is 0 Å². The van der Waals surface area contributed by atoms with E-state index in [1.165, 1.54) is 89.2 Å². The zero-order valence-corrected chi connectivity index (χ0v) is 17.6. The van der Waals surface area contributed by atoms with E-state index in [1.54, 1.807) is 0 Å². The molecule has 0 saturated heterocycles. The van der Waals surface area contributed by atoms with Gasteiger partial charge in [0.2, 0.25) is 5.69 Å². The van der Waals surface area contributed by atoms with Gasteiger partial charge in [-0.1, -0.05) is 31.0 Å². The smallest absolute Gasteiger partial charge is 0.200 e. The number of rotatable bonds is 0. The van der Waals surface area contributed by atoms with Crippen molar-refractivity contribution in [2.24, 2.45) is 18.9 Å². The Balaban J connectivity index is 1.76. The zero-order valence-electron chi connectivity index (χ0n) is 17.6. The lowest BCUT2D eigenvalue weighted by Gasteiger charge is -2.29. The van der Waals surface area contributed by atoms with Gasteiger partial charge in [0.05, 0.1) is 10.9 Å². The maximum Gasteiger partial charge on any atom is 0.220 e. The highest BCUT2D eigenvalue weighted by molar-refractivity contribution is 5.94. The summed E-state index contributed by atoms with van der Waals surface area (Å²) < 4.78 is 2.32. The number of nitrogens with zero attached hydrogens (tertiary/aromatic N) is 1. The molecule has 1 saturated carbocycles. The average molecular weight is 371 g/mol. The van der Waals surface area contributed by atoms with Crippen LogP contribution in [0.5, 0.6) is 0 Å². The molecule has 2 aromatic carbocycles. The summed E-state index contributed by atoms with van der Waals surface area (Å²) >= 11 is 0. The molecule has 1 aromatic heterocycles. The second-order valence-corrected chi connectivity index (χ2v) is 9.41. The largest absolute Gasteiger partial charge is 0.220 e. The molecule has 8 bridgehead atoms. The van der Waals surface area contributed by atoms with Crippen LogP contribution < -0.4 is 4.57 Å². The van der Waals surface area contributed by atoms with E-state index in [4.69, 9.17) is 0 Å². The van der Waals surface area contributed by atoms with Crippen LogP contribution in [0.15, 0.2) is 42.6 Å². The molecule has 0 radical (unpaired) electrons. The molecule has 1 heterocycles. The van der Waals surface area contributed by atoms with E-state index >= 15 is 0 Å². The number of aromatic nitrogens is 1. The van der Waals surface area contributed by atoms with Crippen molar-refractivity contribution in [1.29, 1.82) is 0 Å². The van der Waals surface area contributed by atoms with Crippen molar-refractivity contribution < 1.29 is 4.57 Å². The summed E-state index contributed by atoms with van der Waals surface area (Å²) in [5, 5.41) is 2.76. The number of benzene rings is 2. The molecule has 0 aliphatic heterocycles. The monoisotopic (exact) mass is 370 g/mol. The highest BCUT2D eigenvalue weighted by Gasteiger charge is 2.24. The van der Waals surface area contributed by atoms with Crippen molar-refractivity contribution >= 4 is 10.8 Å². The van der Waals surface area contributed by atoms with Gasteiger partial charge in [-0.05, 0) is 97.6 Å². The van der Waals surface area contributed by atoms with Crippen molar-refractivity contribution in [2.75, 3.05) is 0 Å². The van der Waals surface area contributed by atoms with Gasteiger partial charge in [0.25, 0.3) is 0 Å². The Morgan fingerprint density at radius 3 is 2.43 bits per heavy atom. The second-order valence-electron chi connectivity index (χ2n) is 9.41. The van der Waals surface area contributed by atoms with E-state index < -0.39 is 0 Å². The molecule has 0 N–H and O–H groups in total. The Labute approximate surface area is 169 Å². The minimum Gasteiger partial charge on any atom is -0.200 e. The molecule has 0 amide bonds. The van der Waals surface area contributed by atoms with Gasteiger partial charge in [-0.25, -0.2) is 4.57 Å². The molecular formula is C27H32N+. The van der Waals surface area contributed by atoms with Crippen LogP contribution in [0, 0.1) is 25.7 Å². The van der Waals surface area contributed by atoms with Crippen LogP contribution in [-0.4, -0.2) is 0 Å². The Morgan fingerprint density at radius 2 is 1.61 bits per heavy atom. The first-order valence-corrected chi connectivity index (χ1v) is 11.1. The maximum absolute atomic E-state index is 2.50. The summed E-state index contributed by atoms with van der Waals surface area (Å²) in [4.78, 5) is 0. The van der Waals surface area contributed by atoms with E-state index in [0.29, 0.717) is 0 Å². The van der Waals surface area contributed by atoms with E-state index in [9.17, 15) is 0 Å². The third kappa shape index (κ3) is 3.15. The van der Waals surface area contributed by atoms with Crippen LogP contribution in [0.1, 0.15) is 54.4 Å². The first-order chi connectivity index (χ1) is 13.6. The van der Waals surface area contributed by atoms with Gasteiger partial charge < -0.3 is 0 Å². The minimum atomic E-state index is 0.870. The molecule has 3 aromatic rings. The molecule has 1 fully saturated rings. The molecule has 0 spiro atoms. The van der Waals surface area contributed by atoms with Crippen LogP contribution in [-0.2, 0) is 19.9 Å². The van der Waals surface area contributed by atoms with Crippen LogP contribution in [0.3, 0.4) is 0 Å². The summed E-state index contributed by atoms with van der Waals surface area (Å²) in [6.07, 6.45) is 11.7. The van der Waals surface area contributed by atoms with Crippen molar-refractivity contribution in [3.63, 3.8) is 0 Å². The summed E-state index contributed by atoms with van der Waals surface area (Å²) in [5.41, 5.74) is 8.67. The van der Waals surface area contributed by atoms with E-state index in [2.05, 4.69) is 68.1 Å². The standard InChI is InChI=1S/C27H32N/c1-18-14-23-15-21-7-4-20(5-8-21)6-9-22-10-11-25-24(16-22)12-13-28(3)27(25)26(17-23)19(18)2/h10-14,16-17,20-21H,4-9,15H2,1-3H3/q+1. The topological polar surface area (TPSA) is 3.88 Å². The van der Waals surface area contributed by atoms with Crippen molar-refractivity contribution in [2.45, 2.75) is 58.8 Å². The number of hydrogen-bond acceptors (Lipinski definition) is 0. The molecule has 8 rings (SSSR count). The Kier molecular flexibility index (Phi) is 4.50. The molecule has 5 aliphatic rings. The highest BCUT2D eigenvalue weighted by Crippen LogP contribution is 2.37. The lowest BCUT2D eigenvalue weighted by molar-refractivity contribution is -0.659. The summed E-state index contributed by atoms with van der Waals surface area (Å²) in [6.45, 7) is 4.58. The van der Waals surface area contributed by atoms with E-state index in [1.807, 2.05) is 0 Å². The third-order valence-electron chi connectivity index (χ3n) is 7.52. The summed E-state index contributed by atoms with van der Waals surface area (Å²) in [6, 6.07) is 14.4. The highest BCUT2D eigenvalue weighted by atomic mass is 14.9. The van der Waals surface area contributed by atoms with Gasteiger partial charge >= 0.3 is 0 Å². The van der Waals surface area contributed by atoms with Gasteiger partial charge in [0.1, 0.15) is 7.05 Å². The Bertz CT molecular complexity index is 1040. The van der Waals surface area contributed by atoms with Gasteiger partial charge in [-0.2, -0.15) is 0 Å². The molecule has 5 aliphatic carbocycles. The minimum absolute atomic E-state index is 0.870. The van der Waals surface area contributed by atoms with Crippen LogP contribution in [0.2, 0.25) is 0 Å². The molecule has 0 atom stereocenters. The number of aryl methyl sites for hydroxylation is 3. The Hall–Kier alpha value is -2.15. The molecule has 1 nitrogen and oxygen atoms in total. The van der Waals surface area contributed by atoms with Gasteiger partial charge in [-0.15, -0.1) is 0 Å². The van der Waals surface area contributed by atoms with Crippen LogP contribution >= 0.6 is 0 Å². The van der Waals surface area contributed by atoms with E-state index in [0.717, 1.165) is 11.8 Å². The van der Waals surface area contributed by atoms with Gasteiger partial charge in [-0.3, -0.25) is 0 Å². The maximum atomic E-state index is 2.50. The first kappa shape index (κ1) is 17.9. The fraction of sp³-hybridized carbons (Fsp3) is 0.444. The molecule has 0 unspecified atom stereocenters. The van der Waals surface area contributed by atoms with Crippen molar-refractivity contribution in [1.82, 2.24) is 0 Å². The average Bonchev–Trinajstić information content (AvgIpc) is 2.70. The summed E-state index contributed by atoms with van der Waals surface area (Å²) in [5.74, 6) is 1.80. The Morgan fingerprint density at radius 1 is 0.821 bits per heavy atom. The summed E-state index contributed by atoms with van der Waals surface area (Å²) in [7, 11) is 2.19. The van der Waals surface area contributed by atoms with Crippen LogP contribution in [0.25, 0.3) is 22.0 Å². The molecule has 28 heavy (non-hydrogen) atoms. The van der Waals surface area contributed by atoms with Crippen molar-refractivity contribution in [3.8, 4) is 11.3 Å². The number of hydrogen-bond donors (Lipinski definition) is 0. The first-order valence-electron chi connectivity index (χ1n) is 11.1. The quantitative estimate of drug-likeness (QED) is 0.412. The SMILES string of the molecule is Cc1cc2cc(c1C)-c1c3ccc(cc3cc[n+]1C)CCC1CCC(CC1)C2. The number of pyridine rings is 1. The molecule has 144 valence electrons. The molecule has 1 heteroatoms. The predicted molar refractivity (Wildman–Crippen MR) is 118 cm³/mol. The van der Waals surface area contributed by atoms with Crippen molar-refractivity contribution in [3.05, 3.63) is 64.8 Å². The van der Waals surface area contributed by atoms with E-state index in [-0.39, 0.29) is 0 Å². The fourth-order valence-corrected chi connectivity index (χ4v) is 5.64. The zero-order chi connectivity index (χ0) is 19.3. The lowest BCUT2D eigenvalue weighted by atomic mass is 9.77. The van der Waals surface area contributed by atoms with Gasteiger partial charge in [0.15, 0.2) is 6.20 Å². The fourth-order valence-electron chi connectivity index (χ4n) is 5.64. The predicted octanol–water partition coefficient (Wildman–Crippen LogP) is 6.24. The molecular weight excluding hydrogens is 338 g/mol. The second kappa shape index (κ2) is 7.03. The lowest BCUT2D eigenvalue weighted by Crippen LogP contribution is -2.31. The normalized spacial score (nSPS) is 21.8. The van der Waals surface area contributed by atoms with Gasteiger partial charge in [0, 0.05) is 6.07 Å². The third-order valence-corrected chi connectivity index (χ3v) is 7.52.